The zero-order valence-electron chi connectivity index (χ0n) is 17.0. The van der Waals surface area contributed by atoms with Crippen LogP contribution in [0, 0.1) is 0 Å². The number of cyclic esters (lactones) is 6. The molecule has 0 aromatic carbocycles. The molecule has 0 aromatic rings. The molecule has 2 unspecified atom stereocenters. The molecular weight excluding hydrogens is 440 g/mol. The topological polar surface area (TPSA) is 198 Å². The molecule has 14 nitrogen and oxygen atoms in total. The number of carbonyl (C=O) groups excluding carboxylic acids is 5. The third kappa shape index (κ3) is 12.3. The maximum Gasteiger partial charge on any atom is 0.508 e. The van der Waals surface area contributed by atoms with Crippen LogP contribution in [0.2, 0.25) is 0 Å². The van der Waals surface area contributed by atoms with Crippen molar-refractivity contribution in [2.45, 2.75) is 50.7 Å². The number of carboxylic acid groups (broad SMARTS) is 1. The fourth-order valence-electron chi connectivity index (χ4n) is 2.15. The first-order chi connectivity index (χ1) is 15.2. The Kier molecular flexibility index (Phi) is 12.1. The van der Waals surface area contributed by atoms with Crippen LogP contribution in [0.5, 0.6) is 0 Å². The first-order valence-electron chi connectivity index (χ1n) is 9.58. The van der Waals surface area contributed by atoms with E-state index in [-0.39, 0.29) is 57.6 Å². The number of rotatable bonds is 7. The third-order valence-corrected chi connectivity index (χ3v) is 3.69. The molecule has 180 valence electrons. The van der Waals surface area contributed by atoms with Crippen LogP contribution < -0.4 is 0 Å². The van der Waals surface area contributed by atoms with E-state index in [4.69, 9.17) is 14.9 Å². The van der Waals surface area contributed by atoms with E-state index in [2.05, 4.69) is 23.7 Å². The van der Waals surface area contributed by atoms with Gasteiger partial charge in [-0.3, -0.25) is 19.2 Å². The van der Waals surface area contributed by atoms with Gasteiger partial charge in [-0.25, -0.2) is 9.59 Å². The number of hydrogen-bond acceptors (Lipinski definition) is 13. The van der Waals surface area contributed by atoms with E-state index in [9.17, 15) is 28.8 Å². The molecule has 14 heteroatoms. The van der Waals surface area contributed by atoms with Gasteiger partial charge >= 0.3 is 36.2 Å². The summed E-state index contributed by atoms with van der Waals surface area (Å²) < 4.78 is 26.8. The molecule has 3 rings (SSSR count). The minimum Gasteiger partial charge on any atom is -0.481 e. The Hall–Kier alpha value is -3.42. The lowest BCUT2D eigenvalue weighted by atomic mass is 10.2. The van der Waals surface area contributed by atoms with Crippen molar-refractivity contribution >= 4 is 36.2 Å². The zero-order chi connectivity index (χ0) is 23.9. The van der Waals surface area contributed by atoms with E-state index in [1.54, 1.807) is 0 Å². The molecule has 0 radical (unpaired) electrons. The lowest BCUT2D eigenvalue weighted by Crippen LogP contribution is -2.20. The van der Waals surface area contributed by atoms with Crippen molar-refractivity contribution in [1.82, 2.24) is 0 Å². The predicted octanol–water partition coefficient (Wildman–Crippen LogP) is 0.0741. The van der Waals surface area contributed by atoms with Crippen LogP contribution >= 0.6 is 0 Å². The van der Waals surface area contributed by atoms with Crippen molar-refractivity contribution in [3.63, 3.8) is 0 Å². The third-order valence-electron chi connectivity index (χ3n) is 3.69. The number of hydrogen-bond donors (Lipinski definition) is 2. The quantitative estimate of drug-likeness (QED) is 0.291. The van der Waals surface area contributed by atoms with Crippen LogP contribution in [0.3, 0.4) is 0 Å². The standard InChI is InChI=1S/C9H12O7.C5H6O3.C4H6O4/c10-7(11)2-1-3-8(12)14-4-6-5-15-9(13)16-6;6-4-2-1-3-5(7)8-4;5-1-3-2-7-4(6)8-3/h6H,1-5H2,(H,10,11);1-3H2;3,5H,1-2H2. The maximum atomic E-state index is 11.1. The molecule has 0 saturated carbocycles. The van der Waals surface area contributed by atoms with Crippen LogP contribution in [0.15, 0.2) is 0 Å². The fourth-order valence-corrected chi connectivity index (χ4v) is 2.15. The average molecular weight is 464 g/mol. The van der Waals surface area contributed by atoms with Gasteiger partial charge in [-0.1, -0.05) is 0 Å². The lowest BCUT2D eigenvalue weighted by Gasteiger charge is -2.07. The van der Waals surface area contributed by atoms with E-state index >= 15 is 0 Å². The summed E-state index contributed by atoms with van der Waals surface area (Å²) in [6.07, 6.45) is -0.830. The SMILES string of the molecule is O=C(O)CCCC(=O)OCC1COC(=O)O1.O=C1CCCC(=O)O1.O=C1OCC(CO)O1. The minimum absolute atomic E-state index is 0.0355. The van der Waals surface area contributed by atoms with Crippen molar-refractivity contribution in [2.24, 2.45) is 0 Å². The molecular formula is C18H24O14. The summed E-state index contributed by atoms with van der Waals surface area (Å²) in [4.78, 5) is 62.2. The van der Waals surface area contributed by atoms with Gasteiger partial charge in [0.2, 0.25) is 0 Å². The Labute approximate surface area is 181 Å². The fraction of sp³-hybridized carbons (Fsp3) is 0.667. The molecule has 0 aliphatic carbocycles. The van der Waals surface area contributed by atoms with Crippen molar-refractivity contribution < 1.29 is 67.4 Å². The number of aliphatic carboxylic acids is 1. The number of ether oxygens (including phenoxy) is 6. The molecule has 3 aliphatic heterocycles. The number of esters is 3. The second-order valence-electron chi connectivity index (χ2n) is 6.41. The van der Waals surface area contributed by atoms with Gasteiger partial charge in [0.15, 0.2) is 12.2 Å². The molecule has 32 heavy (non-hydrogen) atoms. The zero-order valence-corrected chi connectivity index (χ0v) is 17.0. The van der Waals surface area contributed by atoms with E-state index < -0.39 is 36.5 Å². The second kappa shape index (κ2) is 14.6. The maximum absolute atomic E-state index is 11.1. The highest BCUT2D eigenvalue weighted by Gasteiger charge is 2.26. The Morgan fingerprint density at radius 3 is 1.84 bits per heavy atom. The summed E-state index contributed by atoms with van der Waals surface area (Å²) >= 11 is 0. The van der Waals surface area contributed by atoms with Crippen molar-refractivity contribution in [2.75, 3.05) is 26.4 Å². The van der Waals surface area contributed by atoms with Crippen LogP contribution in [0.25, 0.3) is 0 Å². The molecule has 3 aliphatic rings. The normalized spacial score (nSPS) is 21.3. The Balaban J connectivity index is 0.000000267. The largest absolute Gasteiger partial charge is 0.508 e. The van der Waals surface area contributed by atoms with E-state index in [1.807, 2.05) is 0 Å². The summed E-state index contributed by atoms with van der Waals surface area (Å²) in [7, 11) is 0. The molecule has 3 fully saturated rings. The highest BCUT2D eigenvalue weighted by Crippen LogP contribution is 2.08. The number of carboxylic acids is 1. The van der Waals surface area contributed by atoms with Crippen LogP contribution in [-0.2, 0) is 47.6 Å². The van der Waals surface area contributed by atoms with Crippen molar-refractivity contribution in [1.29, 1.82) is 0 Å². The minimum atomic E-state index is -0.953. The molecule has 3 saturated heterocycles. The molecule has 0 bridgehead atoms. The van der Waals surface area contributed by atoms with Crippen LogP contribution in [0.4, 0.5) is 9.59 Å². The van der Waals surface area contributed by atoms with Crippen molar-refractivity contribution in [3.05, 3.63) is 0 Å². The van der Waals surface area contributed by atoms with Gasteiger partial charge < -0.3 is 38.6 Å². The van der Waals surface area contributed by atoms with E-state index in [0.29, 0.717) is 19.3 Å². The van der Waals surface area contributed by atoms with Crippen LogP contribution in [0.1, 0.15) is 38.5 Å². The molecule has 2 atom stereocenters. The first-order valence-corrected chi connectivity index (χ1v) is 9.58. The summed E-state index contributed by atoms with van der Waals surface area (Å²) in [5.74, 6) is -2.24. The van der Waals surface area contributed by atoms with Gasteiger partial charge in [-0.2, -0.15) is 0 Å². The highest BCUT2D eigenvalue weighted by atomic mass is 16.8. The second-order valence-corrected chi connectivity index (χ2v) is 6.41. The summed E-state index contributed by atoms with van der Waals surface area (Å²) in [6, 6.07) is 0. The Bertz CT molecular complexity index is 673. The van der Waals surface area contributed by atoms with Gasteiger partial charge in [0.1, 0.15) is 19.8 Å². The van der Waals surface area contributed by atoms with E-state index in [0.717, 1.165) is 0 Å². The molecule has 0 spiro atoms. The highest BCUT2D eigenvalue weighted by molar-refractivity contribution is 5.87. The Morgan fingerprint density at radius 1 is 0.906 bits per heavy atom. The predicted molar refractivity (Wildman–Crippen MR) is 96.9 cm³/mol. The lowest BCUT2D eigenvalue weighted by molar-refractivity contribution is -0.163. The van der Waals surface area contributed by atoms with E-state index in [1.165, 1.54) is 0 Å². The van der Waals surface area contributed by atoms with Gasteiger partial charge in [0.05, 0.1) is 6.61 Å². The number of aliphatic hydroxyl groups excluding tert-OH is 1. The summed E-state index contributed by atoms with van der Waals surface area (Å²) in [6.45, 7) is 0.0277. The number of aliphatic hydroxyl groups is 1. The average Bonchev–Trinajstić information content (AvgIpc) is 3.34. The smallest absolute Gasteiger partial charge is 0.481 e. The Morgan fingerprint density at radius 2 is 1.47 bits per heavy atom. The summed E-state index contributed by atoms with van der Waals surface area (Å²) in [5.41, 5.74) is 0. The van der Waals surface area contributed by atoms with Gasteiger partial charge in [-0.05, 0) is 12.8 Å². The molecule has 0 aromatic heterocycles. The molecule has 0 amide bonds. The van der Waals surface area contributed by atoms with Gasteiger partial charge in [0.25, 0.3) is 0 Å². The first kappa shape index (κ1) is 26.6. The van der Waals surface area contributed by atoms with Gasteiger partial charge in [-0.15, -0.1) is 0 Å². The molecule has 3 heterocycles. The molecule has 2 N–H and O–H groups in total. The van der Waals surface area contributed by atoms with Gasteiger partial charge in [0, 0.05) is 25.7 Å². The van der Waals surface area contributed by atoms with Crippen LogP contribution in [-0.4, -0.2) is 85.0 Å². The monoisotopic (exact) mass is 464 g/mol. The van der Waals surface area contributed by atoms with Crippen molar-refractivity contribution in [3.8, 4) is 0 Å². The summed E-state index contributed by atoms with van der Waals surface area (Å²) in [5, 5.41) is 16.7. The number of carbonyl (C=O) groups is 6.